The number of aromatic nitrogens is 1. The fourth-order valence-corrected chi connectivity index (χ4v) is 2.99. The Labute approximate surface area is 110 Å². The predicted octanol–water partition coefficient (Wildman–Crippen LogP) is 1.60. The Kier molecular flexibility index (Phi) is 5.28. The lowest BCUT2D eigenvalue weighted by Crippen LogP contribution is -2.45. The maximum atomic E-state index is 11.7. The van der Waals surface area contributed by atoms with Crippen LogP contribution in [0.25, 0.3) is 0 Å². The standard InChI is InChI=1S/C13H22N2O2S/c1-5-15-13(11(3)18(4,16)17)10(2)12-6-8-14-9-7-12/h6-11,13,15H,5H2,1-4H3. The lowest BCUT2D eigenvalue weighted by molar-refractivity contribution is 0.442. The first-order valence-electron chi connectivity index (χ1n) is 6.20. The molecule has 1 aromatic rings. The van der Waals surface area contributed by atoms with Crippen LogP contribution < -0.4 is 5.32 Å². The number of likely N-dealkylation sites (N-methyl/N-ethyl adjacent to an activating group) is 1. The number of nitrogens with one attached hydrogen (secondary N) is 1. The fraction of sp³-hybridized carbons (Fsp3) is 0.615. The van der Waals surface area contributed by atoms with Crippen LogP contribution in [0.1, 0.15) is 32.3 Å². The van der Waals surface area contributed by atoms with E-state index in [1.54, 1.807) is 19.3 Å². The third-order valence-corrected chi connectivity index (χ3v) is 5.04. The molecule has 1 N–H and O–H groups in total. The molecular weight excluding hydrogens is 248 g/mol. The zero-order chi connectivity index (χ0) is 13.8. The number of pyridine rings is 1. The van der Waals surface area contributed by atoms with Crippen LogP contribution in [0.4, 0.5) is 0 Å². The summed E-state index contributed by atoms with van der Waals surface area (Å²) in [6.45, 7) is 6.55. The molecule has 102 valence electrons. The van der Waals surface area contributed by atoms with Crippen molar-refractivity contribution in [2.45, 2.75) is 38.0 Å². The van der Waals surface area contributed by atoms with E-state index in [4.69, 9.17) is 0 Å². The second-order valence-corrected chi connectivity index (χ2v) is 7.09. The molecular formula is C13H22N2O2S. The largest absolute Gasteiger partial charge is 0.312 e. The third kappa shape index (κ3) is 3.78. The van der Waals surface area contributed by atoms with E-state index in [1.807, 2.05) is 26.0 Å². The Morgan fingerprint density at radius 3 is 2.28 bits per heavy atom. The van der Waals surface area contributed by atoms with E-state index in [1.165, 1.54) is 6.26 Å². The fourth-order valence-electron chi connectivity index (χ4n) is 2.13. The molecule has 0 fully saturated rings. The summed E-state index contributed by atoms with van der Waals surface area (Å²) in [6.07, 6.45) is 4.77. The Balaban J connectivity index is 2.99. The summed E-state index contributed by atoms with van der Waals surface area (Å²) in [4.78, 5) is 3.99. The second kappa shape index (κ2) is 6.29. The van der Waals surface area contributed by atoms with Crippen molar-refractivity contribution in [2.24, 2.45) is 0 Å². The Morgan fingerprint density at radius 2 is 1.83 bits per heavy atom. The molecule has 0 amide bonds. The van der Waals surface area contributed by atoms with Crippen LogP contribution >= 0.6 is 0 Å². The summed E-state index contributed by atoms with van der Waals surface area (Å²) < 4.78 is 23.5. The number of hydrogen-bond donors (Lipinski definition) is 1. The van der Waals surface area contributed by atoms with Gasteiger partial charge in [0, 0.05) is 24.7 Å². The molecule has 5 heteroatoms. The van der Waals surface area contributed by atoms with Gasteiger partial charge in [0.1, 0.15) is 0 Å². The van der Waals surface area contributed by atoms with Gasteiger partial charge in [0.2, 0.25) is 0 Å². The zero-order valence-electron chi connectivity index (χ0n) is 11.4. The maximum absolute atomic E-state index is 11.7. The maximum Gasteiger partial charge on any atom is 0.151 e. The molecule has 1 heterocycles. The van der Waals surface area contributed by atoms with Crippen molar-refractivity contribution in [3.05, 3.63) is 30.1 Å². The van der Waals surface area contributed by atoms with Crippen molar-refractivity contribution in [2.75, 3.05) is 12.8 Å². The molecule has 0 spiro atoms. The number of nitrogens with zero attached hydrogens (tertiary/aromatic N) is 1. The van der Waals surface area contributed by atoms with Gasteiger partial charge in [-0.05, 0) is 37.1 Å². The molecule has 0 bridgehead atoms. The van der Waals surface area contributed by atoms with Crippen LogP contribution in [0, 0.1) is 0 Å². The summed E-state index contributed by atoms with van der Waals surface area (Å²) in [6, 6.07) is 3.78. The molecule has 3 unspecified atom stereocenters. The molecule has 0 aliphatic rings. The normalized spacial score (nSPS) is 17.1. The van der Waals surface area contributed by atoms with Gasteiger partial charge < -0.3 is 5.32 Å². The second-order valence-electron chi connectivity index (χ2n) is 4.69. The molecule has 0 aliphatic carbocycles. The van der Waals surface area contributed by atoms with Crippen molar-refractivity contribution in [1.82, 2.24) is 10.3 Å². The van der Waals surface area contributed by atoms with E-state index in [9.17, 15) is 8.42 Å². The van der Waals surface area contributed by atoms with Crippen LogP contribution in [-0.4, -0.2) is 37.5 Å². The van der Waals surface area contributed by atoms with Gasteiger partial charge in [-0.25, -0.2) is 8.42 Å². The Bertz CT molecular complexity index is 459. The molecule has 4 nitrogen and oxygen atoms in total. The van der Waals surface area contributed by atoms with Gasteiger partial charge in [0.05, 0.1) is 5.25 Å². The quantitative estimate of drug-likeness (QED) is 0.853. The van der Waals surface area contributed by atoms with Gasteiger partial charge >= 0.3 is 0 Å². The van der Waals surface area contributed by atoms with Crippen molar-refractivity contribution >= 4 is 9.84 Å². The smallest absolute Gasteiger partial charge is 0.151 e. The van der Waals surface area contributed by atoms with Crippen molar-refractivity contribution < 1.29 is 8.42 Å². The highest BCUT2D eigenvalue weighted by atomic mass is 32.2. The highest BCUT2D eigenvalue weighted by Gasteiger charge is 2.30. The van der Waals surface area contributed by atoms with E-state index < -0.39 is 15.1 Å². The average molecular weight is 270 g/mol. The minimum atomic E-state index is -3.06. The average Bonchev–Trinajstić information content (AvgIpc) is 2.34. The van der Waals surface area contributed by atoms with Crippen LogP contribution in [0.5, 0.6) is 0 Å². The lowest BCUT2D eigenvalue weighted by Gasteiger charge is -2.29. The molecule has 0 saturated heterocycles. The Morgan fingerprint density at radius 1 is 1.28 bits per heavy atom. The first kappa shape index (κ1) is 15.1. The minimum absolute atomic E-state index is 0.0904. The molecule has 1 aromatic heterocycles. The topological polar surface area (TPSA) is 59.1 Å². The third-order valence-electron chi connectivity index (χ3n) is 3.39. The van der Waals surface area contributed by atoms with Gasteiger partial charge in [0.25, 0.3) is 0 Å². The number of sulfone groups is 1. The van der Waals surface area contributed by atoms with Gasteiger partial charge in [0.15, 0.2) is 9.84 Å². The molecule has 18 heavy (non-hydrogen) atoms. The molecule has 0 aromatic carbocycles. The van der Waals surface area contributed by atoms with Crippen molar-refractivity contribution in [3.63, 3.8) is 0 Å². The SMILES string of the molecule is CCNC(C(C)c1ccncc1)C(C)S(C)(=O)=O. The molecule has 3 atom stereocenters. The summed E-state index contributed by atoms with van der Waals surface area (Å²) in [5.41, 5.74) is 1.10. The highest BCUT2D eigenvalue weighted by molar-refractivity contribution is 7.91. The van der Waals surface area contributed by atoms with Crippen LogP contribution in [0.2, 0.25) is 0 Å². The first-order chi connectivity index (χ1) is 8.38. The monoisotopic (exact) mass is 270 g/mol. The summed E-state index contributed by atoms with van der Waals surface area (Å²) in [5, 5.41) is 2.87. The van der Waals surface area contributed by atoms with Crippen molar-refractivity contribution in [3.8, 4) is 0 Å². The van der Waals surface area contributed by atoms with Gasteiger partial charge in [-0.1, -0.05) is 13.8 Å². The molecule has 0 saturated carbocycles. The van der Waals surface area contributed by atoms with Gasteiger partial charge in [-0.2, -0.15) is 0 Å². The van der Waals surface area contributed by atoms with E-state index >= 15 is 0 Å². The Hall–Kier alpha value is -0.940. The van der Waals surface area contributed by atoms with Crippen LogP contribution in [-0.2, 0) is 9.84 Å². The summed E-state index contributed by atoms with van der Waals surface area (Å²) >= 11 is 0. The first-order valence-corrected chi connectivity index (χ1v) is 8.15. The van der Waals surface area contributed by atoms with E-state index in [0.717, 1.165) is 12.1 Å². The lowest BCUT2D eigenvalue weighted by atomic mass is 9.92. The summed E-state index contributed by atoms with van der Waals surface area (Å²) in [7, 11) is -3.06. The highest BCUT2D eigenvalue weighted by Crippen LogP contribution is 2.23. The van der Waals surface area contributed by atoms with E-state index in [-0.39, 0.29) is 12.0 Å². The minimum Gasteiger partial charge on any atom is -0.312 e. The van der Waals surface area contributed by atoms with Gasteiger partial charge in [-0.3, -0.25) is 4.98 Å². The predicted molar refractivity (Wildman–Crippen MR) is 74.4 cm³/mol. The van der Waals surface area contributed by atoms with Crippen LogP contribution in [0.3, 0.4) is 0 Å². The zero-order valence-corrected chi connectivity index (χ0v) is 12.2. The van der Waals surface area contributed by atoms with Gasteiger partial charge in [-0.15, -0.1) is 0 Å². The molecule has 0 radical (unpaired) electrons. The number of hydrogen-bond acceptors (Lipinski definition) is 4. The molecule has 1 rings (SSSR count). The number of rotatable bonds is 6. The van der Waals surface area contributed by atoms with E-state index in [2.05, 4.69) is 10.3 Å². The van der Waals surface area contributed by atoms with Crippen LogP contribution in [0.15, 0.2) is 24.5 Å². The molecule has 0 aliphatic heterocycles. The van der Waals surface area contributed by atoms with Crippen molar-refractivity contribution in [1.29, 1.82) is 0 Å². The van der Waals surface area contributed by atoms with E-state index in [0.29, 0.717) is 0 Å². The summed E-state index contributed by atoms with van der Waals surface area (Å²) in [5.74, 6) is 0.123.